The van der Waals surface area contributed by atoms with Crippen molar-refractivity contribution in [3.05, 3.63) is 78.6 Å². The summed E-state index contributed by atoms with van der Waals surface area (Å²) in [5.74, 6) is 1.09. The minimum absolute atomic E-state index is 0.130. The lowest BCUT2D eigenvalue weighted by molar-refractivity contribution is 0.299. The Morgan fingerprint density at radius 3 is 2.23 bits per heavy atom. The second-order valence-electron chi connectivity index (χ2n) is 10.8. The molecule has 0 unspecified atom stereocenters. The fourth-order valence-corrected chi connectivity index (χ4v) is 4.53. The van der Waals surface area contributed by atoms with Gasteiger partial charge in [0.05, 0.1) is 6.61 Å². The van der Waals surface area contributed by atoms with E-state index in [0.29, 0.717) is 23.5 Å². The number of unbranched alkanes of at least 4 members (excludes halogenated alkanes) is 3. The predicted octanol–water partition coefficient (Wildman–Crippen LogP) is 8.33. The van der Waals surface area contributed by atoms with Crippen LogP contribution in [0.4, 0.5) is 4.39 Å². The van der Waals surface area contributed by atoms with E-state index in [1.54, 1.807) is 6.07 Å². The molecule has 2 aromatic rings. The van der Waals surface area contributed by atoms with Crippen molar-refractivity contribution in [3.8, 4) is 11.5 Å². The van der Waals surface area contributed by atoms with Crippen molar-refractivity contribution in [1.29, 1.82) is 0 Å². The van der Waals surface area contributed by atoms with Gasteiger partial charge in [0.15, 0.2) is 0 Å². The third-order valence-electron chi connectivity index (χ3n) is 6.79. The molecule has 3 nitrogen and oxygen atoms in total. The molecular formula is C30H44FNO2Si. The molecule has 0 aliphatic heterocycles. The quantitative estimate of drug-likeness (QED) is 0.149. The molecule has 35 heavy (non-hydrogen) atoms. The van der Waals surface area contributed by atoms with Gasteiger partial charge in [0, 0.05) is 18.2 Å². The standard InChI is InChI=1S/C30H44FNO2Si/c1-9-20-32(6)21-12-10-11-13-22-33-27-18-19-28(29(31)23-27)24(2)25-14-16-26(17-15-25)34-35(7,8)30(3,4)5/h9,14-19,23H,1-2,10-13,20-22H2,3-8H3. The normalized spacial score (nSPS) is 12.0. The summed E-state index contributed by atoms with van der Waals surface area (Å²) < 4.78 is 27.0. The van der Waals surface area contributed by atoms with E-state index in [1.165, 1.54) is 12.5 Å². The van der Waals surface area contributed by atoms with Crippen molar-refractivity contribution in [2.75, 3.05) is 26.7 Å². The van der Waals surface area contributed by atoms with Crippen LogP contribution in [0.1, 0.15) is 57.6 Å². The maximum atomic E-state index is 14.9. The predicted molar refractivity (Wildman–Crippen MR) is 150 cm³/mol. The van der Waals surface area contributed by atoms with Crippen LogP contribution in [0, 0.1) is 5.82 Å². The second-order valence-corrected chi connectivity index (χ2v) is 15.5. The van der Waals surface area contributed by atoms with Crippen LogP contribution < -0.4 is 9.16 Å². The van der Waals surface area contributed by atoms with Crippen LogP contribution in [0.3, 0.4) is 0 Å². The van der Waals surface area contributed by atoms with Gasteiger partial charge in [0.1, 0.15) is 17.3 Å². The number of likely N-dealkylation sites (N-methyl/N-ethyl adjacent to an activating group) is 1. The maximum absolute atomic E-state index is 14.9. The lowest BCUT2D eigenvalue weighted by atomic mass is 9.99. The van der Waals surface area contributed by atoms with E-state index in [4.69, 9.17) is 9.16 Å². The molecule has 5 heteroatoms. The first-order valence-corrected chi connectivity index (χ1v) is 15.6. The summed E-state index contributed by atoms with van der Waals surface area (Å²) in [5, 5.41) is 0.130. The van der Waals surface area contributed by atoms with Crippen molar-refractivity contribution in [2.24, 2.45) is 0 Å². The van der Waals surface area contributed by atoms with Crippen molar-refractivity contribution in [1.82, 2.24) is 4.90 Å². The molecule has 0 radical (unpaired) electrons. The van der Waals surface area contributed by atoms with Crippen LogP contribution in [-0.4, -0.2) is 40.0 Å². The number of nitrogens with zero attached hydrogens (tertiary/aromatic N) is 1. The number of halogens is 1. The van der Waals surface area contributed by atoms with Gasteiger partial charge >= 0.3 is 0 Å². The third-order valence-corrected chi connectivity index (χ3v) is 11.1. The molecule has 0 N–H and O–H groups in total. The minimum Gasteiger partial charge on any atom is -0.544 e. The molecule has 0 saturated carbocycles. The maximum Gasteiger partial charge on any atom is 0.250 e. The molecule has 0 aliphatic carbocycles. The minimum atomic E-state index is -1.90. The summed E-state index contributed by atoms with van der Waals surface area (Å²) in [6.07, 6.45) is 6.32. The smallest absolute Gasteiger partial charge is 0.250 e. The van der Waals surface area contributed by atoms with Gasteiger partial charge in [-0.2, -0.15) is 0 Å². The Balaban J connectivity index is 1.86. The van der Waals surface area contributed by atoms with Crippen LogP contribution in [0.15, 0.2) is 61.7 Å². The van der Waals surface area contributed by atoms with E-state index < -0.39 is 8.32 Å². The Hall–Kier alpha value is -2.37. The van der Waals surface area contributed by atoms with Crippen molar-refractivity contribution >= 4 is 13.9 Å². The highest BCUT2D eigenvalue weighted by Crippen LogP contribution is 2.37. The molecule has 0 heterocycles. The van der Waals surface area contributed by atoms with E-state index >= 15 is 0 Å². The highest BCUT2D eigenvalue weighted by atomic mass is 28.4. The van der Waals surface area contributed by atoms with Gasteiger partial charge in [0.25, 0.3) is 0 Å². The molecule has 0 spiro atoms. The summed E-state index contributed by atoms with van der Waals surface area (Å²) >= 11 is 0. The first-order valence-electron chi connectivity index (χ1n) is 12.6. The first kappa shape index (κ1) is 28.9. The molecule has 0 aliphatic rings. The summed E-state index contributed by atoms with van der Waals surface area (Å²) in [6, 6.07) is 12.8. The molecule has 192 valence electrons. The van der Waals surface area contributed by atoms with Gasteiger partial charge in [-0.1, -0.05) is 58.4 Å². The van der Waals surface area contributed by atoms with Crippen molar-refractivity contribution in [3.63, 3.8) is 0 Å². The molecule has 0 fully saturated rings. The number of benzene rings is 2. The SMILES string of the molecule is C=CCN(C)CCCCCCOc1ccc(C(=C)c2ccc(O[Si](C)(C)C(C)(C)C)cc2)c(F)c1. The average Bonchev–Trinajstić information content (AvgIpc) is 2.78. The summed E-state index contributed by atoms with van der Waals surface area (Å²) in [5.41, 5.74) is 2.01. The Morgan fingerprint density at radius 1 is 1.00 bits per heavy atom. The average molecular weight is 498 g/mol. The van der Waals surface area contributed by atoms with Gasteiger partial charge in [-0.25, -0.2) is 4.39 Å². The Labute approximate surface area is 213 Å². The largest absolute Gasteiger partial charge is 0.544 e. The van der Waals surface area contributed by atoms with E-state index in [1.807, 2.05) is 36.4 Å². The zero-order chi connectivity index (χ0) is 26.1. The van der Waals surface area contributed by atoms with E-state index in [-0.39, 0.29) is 10.9 Å². The molecular weight excluding hydrogens is 453 g/mol. The zero-order valence-corrected chi connectivity index (χ0v) is 23.6. The Bertz CT molecular complexity index is 963. The van der Waals surface area contributed by atoms with Crippen LogP contribution in [-0.2, 0) is 0 Å². The first-order chi connectivity index (χ1) is 16.4. The number of ether oxygens (including phenoxy) is 1. The Morgan fingerprint density at radius 2 is 1.63 bits per heavy atom. The van der Waals surface area contributed by atoms with Crippen LogP contribution in [0.5, 0.6) is 11.5 Å². The third kappa shape index (κ3) is 8.97. The van der Waals surface area contributed by atoms with E-state index in [9.17, 15) is 4.39 Å². The van der Waals surface area contributed by atoms with Gasteiger partial charge in [-0.05, 0) is 80.0 Å². The lowest BCUT2D eigenvalue weighted by Gasteiger charge is -2.36. The molecule has 0 atom stereocenters. The van der Waals surface area contributed by atoms with E-state index in [0.717, 1.165) is 43.7 Å². The Kier molecular flexibility index (Phi) is 10.8. The fraction of sp³-hybridized carbons (Fsp3) is 0.467. The summed E-state index contributed by atoms with van der Waals surface area (Å²) in [6.45, 7) is 21.6. The van der Waals surface area contributed by atoms with Crippen LogP contribution in [0.2, 0.25) is 18.1 Å². The molecule has 2 rings (SSSR count). The topological polar surface area (TPSA) is 21.7 Å². The van der Waals surface area contributed by atoms with Gasteiger partial charge in [-0.15, -0.1) is 6.58 Å². The zero-order valence-electron chi connectivity index (χ0n) is 22.6. The van der Waals surface area contributed by atoms with Gasteiger partial charge < -0.3 is 14.1 Å². The molecule has 0 aromatic heterocycles. The van der Waals surface area contributed by atoms with Crippen molar-refractivity contribution < 1.29 is 13.6 Å². The van der Waals surface area contributed by atoms with E-state index in [2.05, 4.69) is 59.0 Å². The summed E-state index contributed by atoms with van der Waals surface area (Å²) in [7, 11) is 0.209. The van der Waals surface area contributed by atoms with Gasteiger partial charge in [0.2, 0.25) is 8.32 Å². The number of rotatable bonds is 14. The number of hydrogen-bond donors (Lipinski definition) is 0. The molecule has 0 amide bonds. The van der Waals surface area contributed by atoms with Crippen LogP contribution in [0.25, 0.3) is 5.57 Å². The molecule has 2 aromatic carbocycles. The molecule has 0 bridgehead atoms. The lowest BCUT2D eigenvalue weighted by Crippen LogP contribution is -2.43. The fourth-order valence-electron chi connectivity index (χ4n) is 3.50. The monoisotopic (exact) mass is 497 g/mol. The number of hydrogen-bond acceptors (Lipinski definition) is 3. The molecule has 0 saturated heterocycles. The van der Waals surface area contributed by atoms with Gasteiger partial charge in [-0.3, -0.25) is 0 Å². The summed E-state index contributed by atoms with van der Waals surface area (Å²) in [4.78, 5) is 2.26. The van der Waals surface area contributed by atoms with Crippen molar-refractivity contribution in [2.45, 2.75) is 64.6 Å². The highest BCUT2D eigenvalue weighted by molar-refractivity contribution is 6.74. The van der Waals surface area contributed by atoms with Crippen LogP contribution >= 0.6 is 0 Å². The second kappa shape index (κ2) is 13.1. The highest BCUT2D eigenvalue weighted by Gasteiger charge is 2.38.